The van der Waals surface area contributed by atoms with Gasteiger partial charge >= 0.3 is 0 Å². The van der Waals surface area contributed by atoms with E-state index in [1.807, 2.05) is 0 Å². The second kappa shape index (κ2) is 5.13. The Kier molecular flexibility index (Phi) is 4.06. The van der Waals surface area contributed by atoms with Gasteiger partial charge in [-0.3, -0.25) is 0 Å². The highest BCUT2D eigenvalue weighted by molar-refractivity contribution is 4.79. The Labute approximate surface area is 73.7 Å². The standard InChI is InChI=1S/C9H16N2O/c1-8(6-10)12-7-9-2-4-11-5-3-9/h8-9,11H,2-5,7H2,1H3. The number of nitrogens with zero attached hydrogens (tertiary/aromatic N) is 1. The molecule has 1 atom stereocenters. The average Bonchev–Trinajstić information content (AvgIpc) is 2.16. The molecule has 1 aliphatic heterocycles. The maximum Gasteiger partial charge on any atom is 0.141 e. The molecule has 1 rings (SSSR count). The summed E-state index contributed by atoms with van der Waals surface area (Å²) in [5.74, 6) is 0.655. The van der Waals surface area contributed by atoms with E-state index in [4.69, 9.17) is 10.00 Å². The molecular formula is C9H16N2O. The van der Waals surface area contributed by atoms with E-state index in [0.717, 1.165) is 19.7 Å². The number of piperidine rings is 1. The SMILES string of the molecule is CC(C#N)OCC1CCNCC1. The minimum absolute atomic E-state index is 0.250. The highest BCUT2D eigenvalue weighted by Gasteiger charge is 2.13. The molecule has 0 bridgehead atoms. The van der Waals surface area contributed by atoms with Gasteiger partial charge in [-0.2, -0.15) is 5.26 Å². The van der Waals surface area contributed by atoms with Crippen molar-refractivity contribution in [3.8, 4) is 6.07 Å². The number of nitrogens with one attached hydrogen (secondary N) is 1. The lowest BCUT2D eigenvalue weighted by molar-refractivity contribution is 0.0620. The van der Waals surface area contributed by atoms with Gasteiger partial charge in [0.05, 0.1) is 12.7 Å². The van der Waals surface area contributed by atoms with Crippen molar-refractivity contribution in [2.75, 3.05) is 19.7 Å². The molecule has 0 aliphatic carbocycles. The van der Waals surface area contributed by atoms with Gasteiger partial charge in [-0.1, -0.05) is 0 Å². The van der Waals surface area contributed by atoms with Crippen LogP contribution in [0.15, 0.2) is 0 Å². The Morgan fingerprint density at radius 1 is 1.58 bits per heavy atom. The minimum atomic E-state index is -0.250. The van der Waals surface area contributed by atoms with Crippen molar-refractivity contribution in [3.05, 3.63) is 0 Å². The third-order valence-electron chi connectivity index (χ3n) is 2.22. The summed E-state index contributed by atoms with van der Waals surface area (Å²) in [6.45, 7) is 4.72. The number of rotatable bonds is 3. The molecule has 1 aliphatic rings. The molecule has 12 heavy (non-hydrogen) atoms. The Morgan fingerprint density at radius 2 is 2.25 bits per heavy atom. The summed E-state index contributed by atoms with van der Waals surface area (Å²) in [7, 11) is 0. The molecule has 0 aromatic carbocycles. The predicted octanol–water partition coefficient (Wildman–Crippen LogP) is 0.915. The molecule has 3 nitrogen and oxygen atoms in total. The van der Waals surface area contributed by atoms with Gasteiger partial charge in [-0.05, 0) is 38.8 Å². The van der Waals surface area contributed by atoms with Crippen LogP contribution in [-0.4, -0.2) is 25.8 Å². The molecular weight excluding hydrogens is 152 g/mol. The lowest BCUT2D eigenvalue weighted by Crippen LogP contribution is -2.30. The molecule has 0 radical (unpaired) electrons. The fraction of sp³-hybridized carbons (Fsp3) is 0.889. The van der Waals surface area contributed by atoms with E-state index in [1.165, 1.54) is 12.8 Å². The van der Waals surface area contributed by atoms with Crippen molar-refractivity contribution in [1.82, 2.24) is 5.32 Å². The first kappa shape index (κ1) is 9.50. The smallest absolute Gasteiger partial charge is 0.141 e. The maximum atomic E-state index is 8.48. The highest BCUT2D eigenvalue weighted by atomic mass is 16.5. The van der Waals surface area contributed by atoms with Gasteiger partial charge in [-0.15, -0.1) is 0 Å². The van der Waals surface area contributed by atoms with Crippen LogP contribution in [0.4, 0.5) is 0 Å². The van der Waals surface area contributed by atoms with Crippen LogP contribution in [0, 0.1) is 17.2 Å². The summed E-state index contributed by atoms with van der Waals surface area (Å²) in [6.07, 6.45) is 2.11. The zero-order valence-electron chi connectivity index (χ0n) is 7.55. The van der Waals surface area contributed by atoms with Gasteiger partial charge in [0.1, 0.15) is 6.10 Å². The molecule has 1 saturated heterocycles. The van der Waals surface area contributed by atoms with Crippen molar-refractivity contribution in [3.63, 3.8) is 0 Å². The van der Waals surface area contributed by atoms with Crippen molar-refractivity contribution in [2.24, 2.45) is 5.92 Å². The molecule has 0 amide bonds. The quantitative estimate of drug-likeness (QED) is 0.681. The third kappa shape index (κ3) is 3.21. The zero-order chi connectivity index (χ0) is 8.81. The molecule has 0 saturated carbocycles. The van der Waals surface area contributed by atoms with Crippen LogP contribution in [0.2, 0.25) is 0 Å². The summed E-state index contributed by atoms with van der Waals surface area (Å²) < 4.78 is 5.34. The number of nitriles is 1. The van der Waals surface area contributed by atoms with E-state index in [9.17, 15) is 0 Å². The van der Waals surface area contributed by atoms with Gasteiger partial charge in [0, 0.05) is 0 Å². The van der Waals surface area contributed by atoms with Gasteiger partial charge in [0.25, 0.3) is 0 Å². The number of hydrogen-bond donors (Lipinski definition) is 1. The monoisotopic (exact) mass is 168 g/mol. The van der Waals surface area contributed by atoms with Crippen LogP contribution < -0.4 is 5.32 Å². The van der Waals surface area contributed by atoms with Crippen LogP contribution in [-0.2, 0) is 4.74 Å². The summed E-state index contributed by atoms with van der Waals surface area (Å²) in [5.41, 5.74) is 0. The minimum Gasteiger partial charge on any atom is -0.363 e. The third-order valence-corrected chi connectivity index (χ3v) is 2.22. The fourth-order valence-corrected chi connectivity index (χ4v) is 1.37. The van der Waals surface area contributed by atoms with Gasteiger partial charge in [0.15, 0.2) is 0 Å². The Bertz CT molecular complexity index is 158. The summed E-state index contributed by atoms with van der Waals surface area (Å²) in [4.78, 5) is 0. The topological polar surface area (TPSA) is 45.0 Å². The molecule has 1 unspecified atom stereocenters. The highest BCUT2D eigenvalue weighted by Crippen LogP contribution is 2.12. The number of hydrogen-bond acceptors (Lipinski definition) is 3. The molecule has 0 spiro atoms. The van der Waals surface area contributed by atoms with Crippen LogP contribution in [0.3, 0.4) is 0 Å². The van der Waals surface area contributed by atoms with E-state index in [2.05, 4.69) is 11.4 Å². The molecule has 1 heterocycles. The van der Waals surface area contributed by atoms with Gasteiger partial charge in [0.2, 0.25) is 0 Å². The van der Waals surface area contributed by atoms with Crippen molar-refractivity contribution in [1.29, 1.82) is 5.26 Å². The molecule has 0 aromatic heterocycles. The van der Waals surface area contributed by atoms with Crippen LogP contribution in [0.5, 0.6) is 0 Å². The summed E-state index contributed by atoms with van der Waals surface area (Å²) in [6, 6.07) is 2.07. The largest absolute Gasteiger partial charge is 0.363 e. The lowest BCUT2D eigenvalue weighted by Gasteiger charge is -2.22. The van der Waals surface area contributed by atoms with Crippen molar-refractivity contribution >= 4 is 0 Å². The van der Waals surface area contributed by atoms with Gasteiger partial charge in [-0.25, -0.2) is 0 Å². The van der Waals surface area contributed by atoms with E-state index in [-0.39, 0.29) is 6.10 Å². The van der Waals surface area contributed by atoms with Crippen molar-refractivity contribution in [2.45, 2.75) is 25.9 Å². The Balaban J connectivity index is 2.10. The summed E-state index contributed by atoms with van der Waals surface area (Å²) in [5, 5.41) is 11.8. The second-order valence-electron chi connectivity index (χ2n) is 3.30. The van der Waals surface area contributed by atoms with E-state index >= 15 is 0 Å². The summed E-state index contributed by atoms with van der Waals surface area (Å²) >= 11 is 0. The average molecular weight is 168 g/mol. The normalized spacial score (nSPS) is 21.7. The molecule has 1 fully saturated rings. The molecule has 3 heteroatoms. The molecule has 68 valence electrons. The van der Waals surface area contributed by atoms with E-state index in [0.29, 0.717) is 5.92 Å². The fourth-order valence-electron chi connectivity index (χ4n) is 1.37. The van der Waals surface area contributed by atoms with Crippen LogP contribution in [0.1, 0.15) is 19.8 Å². The predicted molar refractivity (Wildman–Crippen MR) is 46.6 cm³/mol. The van der Waals surface area contributed by atoms with Crippen molar-refractivity contribution < 1.29 is 4.74 Å². The van der Waals surface area contributed by atoms with E-state index in [1.54, 1.807) is 6.92 Å². The van der Waals surface area contributed by atoms with Gasteiger partial charge < -0.3 is 10.1 Å². The molecule has 0 aromatic rings. The molecule has 1 N–H and O–H groups in total. The first-order valence-corrected chi connectivity index (χ1v) is 4.55. The second-order valence-corrected chi connectivity index (χ2v) is 3.30. The maximum absolute atomic E-state index is 8.48. The van der Waals surface area contributed by atoms with E-state index < -0.39 is 0 Å². The first-order valence-electron chi connectivity index (χ1n) is 4.55. The van der Waals surface area contributed by atoms with Crippen LogP contribution in [0.25, 0.3) is 0 Å². The Morgan fingerprint density at radius 3 is 2.83 bits per heavy atom. The first-order chi connectivity index (χ1) is 5.83. The number of ether oxygens (including phenoxy) is 1. The van der Waals surface area contributed by atoms with Crippen LogP contribution >= 0.6 is 0 Å². The zero-order valence-corrected chi connectivity index (χ0v) is 7.55. The Hall–Kier alpha value is -0.590. The lowest BCUT2D eigenvalue weighted by atomic mass is 9.99.